The molecule has 6 rings (SSSR count). The quantitative estimate of drug-likeness (QED) is 0.331. The van der Waals surface area contributed by atoms with E-state index in [1.54, 1.807) is 0 Å². The van der Waals surface area contributed by atoms with Crippen molar-refractivity contribution >= 4 is 40.2 Å². The highest BCUT2D eigenvalue weighted by Gasteiger charge is 2.42. The second-order valence-electron chi connectivity index (χ2n) is 9.26. The molecule has 0 spiro atoms. The van der Waals surface area contributed by atoms with Crippen molar-refractivity contribution in [2.45, 2.75) is 12.8 Å². The summed E-state index contributed by atoms with van der Waals surface area (Å²) in [6.45, 7) is 4.66. The summed E-state index contributed by atoms with van der Waals surface area (Å²) in [4.78, 5) is 5.02. The monoisotopic (exact) mass is 446 g/mol. The van der Waals surface area contributed by atoms with E-state index in [0.717, 1.165) is 0 Å². The van der Waals surface area contributed by atoms with Crippen LogP contribution >= 0.6 is 0 Å². The normalized spacial score (nSPS) is 15.6. The van der Waals surface area contributed by atoms with Crippen LogP contribution in [0.5, 0.6) is 0 Å². The van der Waals surface area contributed by atoms with E-state index in [-0.39, 0.29) is 0 Å². The molecule has 2 heterocycles. The minimum absolute atomic E-state index is 1.17. The smallest absolute Gasteiger partial charge is 0.179 e. The minimum atomic E-state index is -2.49. The maximum Gasteiger partial charge on any atom is 0.179 e. The summed E-state index contributed by atoms with van der Waals surface area (Å²) in [5.74, 6) is 0. The van der Waals surface area contributed by atoms with E-state index in [4.69, 9.17) is 0 Å². The van der Waals surface area contributed by atoms with Crippen LogP contribution in [0, 0.1) is 0 Å². The van der Waals surface area contributed by atoms with Crippen LogP contribution in [0.25, 0.3) is 0 Å². The average Bonchev–Trinajstić information content (AvgIpc) is 2.80. The van der Waals surface area contributed by atoms with Crippen molar-refractivity contribution in [3.63, 3.8) is 0 Å². The highest BCUT2D eigenvalue weighted by molar-refractivity contribution is 7.20. The molecule has 4 aromatic rings. The van der Waals surface area contributed by atoms with Crippen LogP contribution in [0.15, 0.2) is 109 Å². The SMILES string of the molecule is c1ccc([Si](c2ccccc2)(c2cccc(N3CCC3)c2)c2cccc(N3CCC3)c2)cc1. The minimum Gasteiger partial charge on any atom is -0.371 e. The maximum absolute atomic E-state index is 2.51. The predicted octanol–water partition coefficient (Wildman–Crippen LogP) is 3.48. The Morgan fingerprint density at radius 2 is 0.818 bits per heavy atom. The first-order valence-corrected chi connectivity index (χ1v) is 14.2. The summed E-state index contributed by atoms with van der Waals surface area (Å²) < 4.78 is 0. The number of benzene rings is 4. The van der Waals surface area contributed by atoms with Crippen LogP contribution in [-0.2, 0) is 0 Å². The van der Waals surface area contributed by atoms with E-state index < -0.39 is 8.07 Å². The molecule has 0 radical (unpaired) electrons. The molecule has 0 aliphatic carbocycles. The molecule has 164 valence electrons. The Kier molecular flexibility index (Phi) is 5.27. The maximum atomic E-state index is 2.51. The second-order valence-corrected chi connectivity index (χ2v) is 13.1. The summed E-state index contributed by atoms with van der Waals surface area (Å²) in [7, 11) is -2.49. The van der Waals surface area contributed by atoms with Gasteiger partial charge in [0.05, 0.1) is 0 Å². The zero-order valence-electron chi connectivity index (χ0n) is 19.0. The molecule has 4 aromatic carbocycles. The van der Waals surface area contributed by atoms with Gasteiger partial charge in [0, 0.05) is 37.6 Å². The fraction of sp³-hybridized carbons (Fsp3) is 0.200. The van der Waals surface area contributed by atoms with Crippen LogP contribution < -0.4 is 30.5 Å². The molecule has 0 aromatic heterocycles. The van der Waals surface area contributed by atoms with Crippen molar-refractivity contribution in [3.05, 3.63) is 109 Å². The average molecular weight is 447 g/mol. The van der Waals surface area contributed by atoms with Crippen molar-refractivity contribution in [1.82, 2.24) is 0 Å². The lowest BCUT2D eigenvalue weighted by Crippen LogP contribution is -2.74. The lowest BCUT2D eigenvalue weighted by Gasteiger charge is -2.38. The molecule has 2 nitrogen and oxygen atoms in total. The Morgan fingerprint density at radius 3 is 1.18 bits per heavy atom. The fourth-order valence-electron chi connectivity index (χ4n) is 5.40. The molecule has 2 aliphatic rings. The molecule has 2 aliphatic heterocycles. The van der Waals surface area contributed by atoms with Gasteiger partial charge in [0.1, 0.15) is 0 Å². The van der Waals surface area contributed by atoms with Crippen molar-refractivity contribution in [2.75, 3.05) is 36.0 Å². The number of hydrogen-bond donors (Lipinski definition) is 0. The first-order chi connectivity index (χ1) is 16.4. The number of anilines is 2. The number of hydrogen-bond acceptors (Lipinski definition) is 2. The third-order valence-corrected chi connectivity index (χ3v) is 12.2. The van der Waals surface area contributed by atoms with E-state index in [9.17, 15) is 0 Å². The third-order valence-electron chi connectivity index (χ3n) is 7.41. The summed E-state index contributed by atoms with van der Waals surface area (Å²) in [5, 5.41) is 5.81. The van der Waals surface area contributed by atoms with Crippen molar-refractivity contribution < 1.29 is 0 Å². The largest absolute Gasteiger partial charge is 0.371 e. The van der Waals surface area contributed by atoms with Crippen LogP contribution in [0.1, 0.15) is 12.8 Å². The Bertz CT molecular complexity index is 1130. The van der Waals surface area contributed by atoms with Gasteiger partial charge in [0.25, 0.3) is 0 Å². The lowest BCUT2D eigenvalue weighted by atomic mass is 10.2. The number of nitrogens with zero attached hydrogens (tertiary/aromatic N) is 2. The van der Waals surface area contributed by atoms with Gasteiger partial charge in [-0.1, -0.05) is 84.9 Å². The zero-order chi connectivity index (χ0) is 22.1. The third kappa shape index (κ3) is 3.48. The molecular formula is C30H30N2Si. The van der Waals surface area contributed by atoms with Crippen LogP contribution in [-0.4, -0.2) is 34.3 Å². The van der Waals surface area contributed by atoms with Gasteiger partial charge in [0.15, 0.2) is 8.07 Å². The van der Waals surface area contributed by atoms with Gasteiger partial charge in [-0.25, -0.2) is 0 Å². The van der Waals surface area contributed by atoms with E-state index in [1.165, 1.54) is 71.1 Å². The molecule has 3 heteroatoms. The molecule has 2 saturated heterocycles. The van der Waals surface area contributed by atoms with E-state index in [0.29, 0.717) is 0 Å². The van der Waals surface area contributed by atoms with Gasteiger partial charge in [0.2, 0.25) is 0 Å². The molecule has 33 heavy (non-hydrogen) atoms. The van der Waals surface area contributed by atoms with Gasteiger partial charge in [-0.05, 0) is 57.9 Å². The predicted molar refractivity (Wildman–Crippen MR) is 144 cm³/mol. The van der Waals surface area contributed by atoms with E-state index >= 15 is 0 Å². The van der Waals surface area contributed by atoms with E-state index in [1.807, 2.05) is 0 Å². The first-order valence-electron chi connectivity index (χ1n) is 12.2. The molecule has 2 fully saturated rings. The highest BCUT2D eigenvalue weighted by atomic mass is 28.3. The van der Waals surface area contributed by atoms with Crippen LogP contribution in [0.4, 0.5) is 11.4 Å². The van der Waals surface area contributed by atoms with Crippen molar-refractivity contribution in [2.24, 2.45) is 0 Å². The van der Waals surface area contributed by atoms with Gasteiger partial charge >= 0.3 is 0 Å². The summed E-state index contributed by atoms with van der Waals surface area (Å²) in [6.07, 6.45) is 2.59. The van der Waals surface area contributed by atoms with Crippen molar-refractivity contribution in [1.29, 1.82) is 0 Å². The van der Waals surface area contributed by atoms with Crippen molar-refractivity contribution in [3.8, 4) is 0 Å². The van der Waals surface area contributed by atoms with Crippen LogP contribution in [0.3, 0.4) is 0 Å². The molecule has 0 N–H and O–H groups in total. The molecule has 0 amide bonds. The standard InChI is InChI=1S/C30H30N2Si/c1-3-13-27(14-4-1)33(28-15-5-2-6-16-28,29-17-7-11-25(23-29)31-19-9-20-31)30-18-8-12-26(24-30)32-21-10-22-32/h1-8,11-18,23-24H,9-10,19-22H2. The number of rotatable bonds is 6. The molecule has 0 unspecified atom stereocenters. The Labute approximate surface area is 198 Å². The Hall–Kier alpha value is -3.30. The summed E-state index contributed by atoms with van der Waals surface area (Å²) in [5.41, 5.74) is 2.72. The molecule has 0 saturated carbocycles. The summed E-state index contributed by atoms with van der Waals surface area (Å²) >= 11 is 0. The second kappa shape index (κ2) is 8.57. The van der Waals surface area contributed by atoms with Gasteiger partial charge in [-0.3, -0.25) is 0 Å². The molecular weight excluding hydrogens is 416 g/mol. The Balaban J connectivity index is 1.64. The molecule has 0 bridgehead atoms. The van der Waals surface area contributed by atoms with E-state index in [2.05, 4.69) is 119 Å². The molecule has 0 atom stereocenters. The Morgan fingerprint density at radius 1 is 0.424 bits per heavy atom. The van der Waals surface area contributed by atoms with Gasteiger partial charge < -0.3 is 9.80 Å². The van der Waals surface area contributed by atoms with Gasteiger partial charge in [-0.15, -0.1) is 0 Å². The summed E-state index contributed by atoms with van der Waals surface area (Å²) in [6, 6.07) is 41.4. The van der Waals surface area contributed by atoms with Gasteiger partial charge in [-0.2, -0.15) is 0 Å². The fourth-order valence-corrected chi connectivity index (χ4v) is 10.2. The zero-order valence-corrected chi connectivity index (χ0v) is 20.0. The van der Waals surface area contributed by atoms with Crippen LogP contribution in [0.2, 0.25) is 0 Å². The lowest BCUT2D eigenvalue weighted by molar-refractivity contribution is 0.618. The first kappa shape index (κ1) is 20.3. The highest BCUT2D eigenvalue weighted by Crippen LogP contribution is 2.23. The topological polar surface area (TPSA) is 6.48 Å².